The molecule has 84 valence electrons. The summed E-state index contributed by atoms with van der Waals surface area (Å²) in [4.78, 5) is 0. The average molecular weight is 247 g/mol. The Balaban J connectivity index is 2.41. The smallest absolute Gasteiger partial charge is 0.0823 e. The van der Waals surface area contributed by atoms with Crippen molar-refractivity contribution >= 4 is 28.9 Å². The van der Waals surface area contributed by atoms with Crippen molar-refractivity contribution in [2.24, 2.45) is 5.73 Å². The van der Waals surface area contributed by atoms with Gasteiger partial charge in [-0.1, -0.05) is 29.3 Å². The summed E-state index contributed by atoms with van der Waals surface area (Å²) in [6, 6.07) is 5.82. The van der Waals surface area contributed by atoms with E-state index in [1.807, 2.05) is 19.1 Å². The molecule has 0 saturated carbocycles. The van der Waals surface area contributed by atoms with Crippen LogP contribution in [0.2, 0.25) is 10.0 Å². The van der Waals surface area contributed by atoms with Crippen LogP contribution in [0.25, 0.3) is 0 Å². The molecule has 0 bridgehead atoms. The molecule has 1 aromatic carbocycles. The van der Waals surface area contributed by atoms with E-state index in [2.05, 4.69) is 5.32 Å². The molecule has 0 spiro atoms. The minimum absolute atomic E-state index is 0.252. The molecule has 0 aliphatic carbocycles. The molecule has 15 heavy (non-hydrogen) atoms. The third kappa shape index (κ3) is 4.29. The molecule has 1 unspecified atom stereocenters. The Labute approximate surface area is 101 Å². The summed E-state index contributed by atoms with van der Waals surface area (Å²) in [7, 11) is 0. The minimum atomic E-state index is 0.252. The van der Waals surface area contributed by atoms with E-state index in [0.717, 1.165) is 25.1 Å². The second-order valence-electron chi connectivity index (χ2n) is 3.65. The van der Waals surface area contributed by atoms with Crippen molar-refractivity contribution in [3.05, 3.63) is 28.2 Å². The van der Waals surface area contributed by atoms with E-state index >= 15 is 0 Å². The molecule has 0 saturated heterocycles. The summed E-state index contributed by atoms with van der Waals surface area (Å²) in [5, 5.41) is 4.40. The van der Waals surface area contributed by atoms with Gasteiger partial charge in [-0.25, -0.2) is 0 Å². The molecule has 2 nitrogen and oxygen atoms in total. The van der Waals surface area contributed by atoms with Crippen molar-refractivity contribution in [1.82, 2.24) is 0 Å². The number of nitrogens with one attached hydrogen (secondary N) is 1. The Morgan fingerprint density at radius 2 is 2.13 bits per heavy atom. The van der Waals surface area contributed by atoms with Gasteiger partial charge in [-0.2, -0.15) is 0 Å². The average Bonchev–Trinajstić information content (AvgIpc) is 2.18. The Hall–Kier alpha value is -0.440. The molecular formula is C11H16Cl2N2. The zero-order chi connectivity index (χ0) is 11.3. The standard InChI is InChI=1S/C11H16Cl2N2/c1-8(14)4-3-7-15-10-6-2-5-9(12)11(10)13/h2,5-6,8,15H,3-4,7,14H2,1H3. The van der Waals surface area contributed by atoms with Gasteiger partial charge in [0.2, 0.25) is 0 Å². The number of hydrogen-bond donors (Lipinski definition) is 2. The van der Waals surface area contributed by atoms with Crippen LogP contribution >= 0.6 is 23.2 Å². The van der Waals surface area contributed by atoms with Crippen LogP contribution in [0.4, 0.5) is 5.69 Å². The lowest BCUT2D eigenvalue weighted by Crippen LogP contribution is -2.16. The summed E-state index contributed by atoms with van der Waals surface area (Å²) in [5.41, 5.74) is 6.53. The molecule has 1 rings (SSSR count). The van der Waals surface area contributed by atoms with E-state index in [4.69, 9.17) is 28.9 Å². The Bertz CT molecular complexity index is 313. The fourth-order valence-corrected chi connectivity index (χ4v) is 1.65. The Kier molecular flexibility index (Phi) is 5.23. The quantitative estimate of drug-likeness (QED) is 0.781. The topological polar surface area (TPSA) is 38.0 Å². The van der Waals surface area contributed by atoms with Gasteiger partial charge in [0.1, 0.15) is 0 Å². The summed E-state index contributed by atoms with van der Waals surface area (Å²) < 4.78 is 0. The molecular weight excluding hydrogens is 231 g/mol. The lowest BCUT2D eigenvalue weighted by Gasteiger charge is -2.10. The van der Waals surface area contributed by atoms with Crippen LogP contribution in [0.5, 0.6) is 0 Å². The first-order valence-electron chi connectivity index (χ1n) is 5.04. The summed E-state index contributed by atoms with van der Waals surface area (Å²) in [5.74, 6) is 0. The van der Waals surface area contributed by atoms with E-state index in [9.17, 15) is 0 Å². The maximum atomic E-state index is 6.02. The van der Waals surface area contributed by atoms with Crippen molar-refractivity contribution in [2.75, 3.05) is 11.9 Å². The molecule has 1 aromatic rings. The van der Waals surface area contributed by atoms with Crippen LogP contribution in [0.15, 0.2) is 18.2 Å². The monoisotopic (exact) mass is 246 g/mol. The van der Waals surface area contributed by atoms with Crippen LogP contribution < -0.4 is 11.1 Å². The summed E-state index contributed by atoms with van der Waals surface area (Å²) in [6.07, 6.45) is 2.03. The minimum Gasteiger partial charge on any atom is -0.384 e. The van der Waals surface area contributed by atoms with Crippen molar-refractivity contribution in [3.8, 4) is 0 Å². The Morgan fingerprint density at radius 3 is 2.80 bits per heavy atom. The number of nitrogens with two attached hydrogens (primary N) is 1. The molecule has 1 atom stereocenters. The lowest BCUT2D eigenvalue weighted by molar-refractivity contribution is 0.639. The maximum Gasteiger partial charge on any atom is 0.0823 e. The van der Waals surface area contributed by atoms with Gasteiger partial charge < -0.3 is 11.1 Å². The molecule has 0 heterocycles. The van der Waals surface area contributed by atoms with Gasteiger partial charge in [-0.05, 0) is 31.9 Å². The highest BCUT2D eigenvalue weighted by molar-refractivity contribution is 6.43. The number of rotatable bonds is 5. The number of benzene rings is 1. The highest BCUT2D eigenvalue weighted by Crippen LogP contribution is 2.29. The first-order chi connectivity index (χ1) is 7.11. The number of anilines is 1. The van der Waals surface area contributed by atoms with Gasteiger partial charge in [0.05, 0.1) is 15.7 Å². The number of hydrogen-bond acceptors (Lipinski definition) is 2. The zero-order valence-electron chi connectivity index (χ0n) is 8.76. The van der Waals surface area contributed by atoms with Gasteiger partial charge in [0.15, 0.2) is 0 Å². The van der Waals surface area contributed by atoms with Crippen molar-refractivity contribution in [2.45, 2.75) is 25.8 Å². The van der Waals surface area contributed by atoms with Crippen LogP contribution in [0.3, 0.4) is 0 Å². The lowest BCUT2D eigenvalue weighted by atomic mass is 10.2. The fraction of sp³-hybridized carbons (Fsp3) is 0.455. The Morgan fingerprint density at radius 1 is 1.40 bits per heavy atom. The van der Waals surface area contributed by atoms with Gasteiger partial charge >= 0.3 is 0 Å². The maximum absolute atomic E-state index is 6.02. The fourth-order valence-electron chi connectivity index (χ4n) is 1.29. The van der Waals surface area contributed by atoms with E-state index in [1.54, 1.807) is 6.07 Å². The molecule has 4 heteroatoms. The van der Waals surface area contributed by atoms with E-state index in [1.165, 1.54) is 0 Å². The molecule has 3 N–H and O–H groups in total. The van der Waals surface area contributed by atoms with Crippen molar-refractivity contribution < 1.29 is 0 Å². The molecule has 0 fully saturated rings. The molecule has 0 aromatic heterocycles. The largest absolute Gasteiger partial charge is 0.384 e. The first kappa shape index (κ1) is 12.6. The van der Waals surface area contributed by atoms with Gasteiger partial charge in [-0.3, -0.25) is 0 Å². The predicted octanol–water partition coefficient (Wildman–Crippen LogP) is 3.53. The molecule has 0 aliphatic rings. The van der Waals surface area contributed by atoms with Gasteiger partial charge in [-0.15, -0.1) is 0 Å². The molecule has 0 radical (unpaired) electrons. The molecule has 0 amide bonds. The van der Waals surface area contributed by atoms with E-state index < -0.39 is 0 Å². The van der Waals surface area contributed by atoms with Crippen LogP contribution in [-0.2, 0) is 0 Å². The van der Waals surface area contributed by atoms with Crippen molar-refractivity contribution in [1.29, 1.82) is 0 Å². The summed E-state index contributed by atoms with van der Waals surface area (Å²) >= 11 is 11.9. The first-order valence-corrected chi connectivity index (χ1v) is 5.80. The second kappa shape index (κ2) is 6.21. The van der Waals surface area contributed by atoms with Crippen LogP contribution in [0.1, 0.15) is 19.8 Å². The summed E-state index contributed by atoms with van der Waals surface area (Å²) in [6.45, 7) is 2.87. The van der Waals surface area contributed by atoms with Crippen LogP contribution in [0, 0.1) is 0 Å². The SMILES string of the molecule is CC(N)CCCNc1cccc(Cl)c1Cl. The third-order valence-corrected chi connectivity index (χ3v) is 2.92. The zero-order valence-corrected chi connectivity index (χ0v) is 10.3. The molecule has 0 aliphatic heterocycles. The van der Waals surface area contributed by atoms with Crippen molar-refractivity contribution in [3.63, 3.8) is 0 Å². The number of halogens is 2. The normalized spacial score (nSPS) is 12.5. The highest BCUT2D eigenvalue weighted by atomic mass is 35.5. The highest BCUT2D eigenvalue weighted by Gasteiger charge is 2.03. The predicted molar refractivity (Wildman–Crippen MR) is 67.8 cm³/mol. The van der Waals surface area contributed by atoms with Gasteiger partial charge in [0.25, 0.3) is 0 Å². The third-order valence-electron chi connectivity index (χ3n) is 2.10. The van der Waals surface area contributed by atoms with E-state index in [0.29, 0.717) is 10.0 Å². The van der Waals surface area contributed by atoms with Crippen LogP contribution in [-0.4, -0.2) is 12.6 Å². The van der Waals surface area contributed by atoms with E-state index in [-0.39, 0.29) is 6.04 Å². The van der Waals surface area contributed by atoms with Gasteiger partial charge in [0, 0.05) is 12.6 Å². The second-order valence-corrected chi connectivity index (χ2v) is 4.43.